The molecule has 1 amide bonds. The average Bonchev–Trinajstić information content (AvgIpc) is 2.64. The SMILES string of the molecule is COc1ccc(C(=O)N[C@H](NCc2ccccc2)C(Cl)(Cl)Cl)cc1OC. The smallest absolute Gasteiger partial charge is 0.252 e. The van der Waals surface area contributed by atoms with Crippen molar-refractivity contribution in [3.8, 4) is 11.5 Å². The van der Waals surface area contributed by atoms with Gasteiger partial charge in [0.2, 0.25) is 3.79 Å². The molecule has 1 atom stereocenters. The van der Waals surface area contributed by atoms with E-state index in [0.717, 1.165) is 5.56 Å². The fourth-order valence-corrected chi connectivity index (χ4v) is 2.65. The molecule has 26 heavy (non-hydrogen) atoms. The van der Waals surface area contributed by atoms with Crippen molar-refractivity contribution in [2.45, 2.75) is 16.5 Å². The van der Waals surface area contributed by atoms with E-state index in [1.165, 1.54) is 14.2 Å². The van der Waals surface area contributed by atoms with E-state index < -0.39 is 15.9 Å². The first kappa shape index (κ1) is 20.6. The fourth-order valence-electron chi connectivity index (χ4n) is 2.26. The van der Waals surface area contributed by atoms with Crippen molar-refractivity contribution in [3.05, 3.63) is 59.7 Å². The van der Waals surface area contributed by atoms with Gasteiger partial charge in [0.25, 0.3) is 5.91 Å². The highest BCUT2D eigenvalue weighted by molar-refractivity contribution is 6.68. The van der Waals surface area contributed by atoms with E-state index in [-0.39, 0.29) is 0 Å². The molecule has 2 aromatic rings. The summed E-state index contributed by atoms with van der Waals surface area (Å²) >= 11 is 18.0. The first-order valence-corrected chi connectivity index (χ1v) is 8.85. The first-order chi connectivity index (χ1) is 12.3. The van der Waals surface area contributed by atoms with Crippen LogP contribution >= 0.6 is 34.8 Å². The highest BCUT2D eigenvalue weighted by Gasteiger charge is 2.34. The number of alkyl halides is 3. The van der Waals surface area contributed by atoms with E-state index in [0.29, 0.717) is 23.6 Å². The maximum Gasteiger partial charge on any atom is 0.252 e. The molecule has 0 unspecified atom stereocenters. The zero-order valence-corrected chi connectivity index (χ0v) is 16.5. The van der Waals surface area contributed by atoms with Crippen LogP contribution in [0.3, 0.4) is 0 Å². The normalized spacial score (nSPS) is 12.3. The lowest BCUT2D eigenvalue weighted by molar-refractivity contribution is 0.0929. The van der Waals surface area contributed by atoms with Gasteiger partial charge in [0.05, 0.1) is 14.2 Å². The van der Waals surface area contributed by atoms with Crippen molar-refractivity contribution in [1.29, 1.82) is 0 Å². The molecule has 0 saturated heterocycles. The van der Waals surface area contributed by atoms with Gasteiger partial charge in [-0.05, 0) is 23.8 Å². The van der Waals surface area contributed by atoms with Crippen molar-refractivity contribution in [3.63, 3.8) is 0 Å². The summed E-state index contributed by atoms with van der Waals surface area (Å²) in [5, 5.41) is 5.73. The summed E-state index contributed by atoms with van der Waals surface area (Å²) in [6.07, 6.45) is -0.895. The number of hydrogen-bond donors (Lipinski definition) is 2. The molecule has 0 aliphatic rings. The van der Waals surface area contributed by atoms with E-state index >= 15 is 0 Å². The number of ether oxygens (including phenoxy) is 2. The van der Waals surface area contributed by atoms with Gasteiger partial charge in [-0.25, -0.2) is 0 Å². The highest BCUT2D eigenvalue weighted by Crippen LogP contribution is 2.30. The lowest BCUT2D eigenvalue weighted by atomic mass is 10.2. The lowest BCUT2D eigenvalue weighted by Crippen LogP contribution is -2.53. The molecular weight excluding hydrogens is 399 g/mol. The van der Waals surface area contributed by atoms with E-state index in [9.17, 15) is 4.79 Å². The largest absolute Gasteiger partial charge is 0.493 e. The van der Waals surface area contributed by atoms with Crippen molar-refractivity contribution in [2.75, 3.05) is 14.2 Å². The molecule has 0 radical (unpaired) electrons. The molecule has 0 saturated carbocycles. The Kier molecular flexibility index (Phi) is 7.41. The summed E-state index contributed by atoms with van der Waals surface area (Å²) < 4.78 is 8.63. The molecule has 0 fully saturated rings. The number of benzene rings is 2. The number of halogens is 3. The monoisotopic (exact) mass is 416 g/mol. The number of carbonyl (C=O) groups excluding carboxylic acids is 1. The van der Waals surface area contributed by atoms with Crippen molar-refractivity contribution in [1.82, 2.24) is 10.6 Å². The first-order valence-electron chi connectivity index (χ1n) is 7.72. The van der Waals surface area contributed by atoms with Gasteiger partial charge in [-0.1, -0.05) is 65.1 Å². The molecule has 0 spiro atoms. The van der Waals surface area contributed by atoms with Gasteiger partial charge in [-0.15, -0.1) is 0 Å². The van der Waals surface area contributed by atoms with Gasteiger partial charge >= 0.3 is 0 Å². The Bertz CT molecular complexity index is 736. The van der Waals surface area contributed by atoms with Crippen LogP contribution in [0.4, 0.5) is 0 Å². The quantitative estimate of drug-likeness (QED) is 0.529. The molecule has 2 rings (SSSR count). The standard InChI is InChI=1S/C18H19Cl3N2O3/c1-25-14-9-8-13(10-15(14)26-2)16(24)23-17(18(19,20)21)22-11-12-6-4-3-5-7-12/h3-10,17,22H,11H2,1-2H3,(H,23,24)/t17-/m0/s1. The van der Waals surface area contributed by atoms with E-state index in [4.69, 9.17) is 44.3 Å². The Morgan fingerprint density at radius 1 is 1.04 bits per heavy atom. The van der Waals surface area contributed by atoms with Crippen molar-refractivity contribution >= 4 is 40.7 Å². The summed E-state index contributed by atoms with van der Waals surface area (Å²) in [6.45, 7) is 0.422. The van der Waals surface area contributed by atoms with Crippen LogP contribution < -0.4 is 20.1 Å². The van der Waals surface area contributed by atoms with Gasteiger partial charge in [0.15, 0.2) is 11.5 Å². The Morgan fingerprint density at radius 2 is 1.69 bits per heavy atom. The molecule has 0 bridgehead atoms. The van der Waals surface area contributed by atoms with Gasteiger partial charge in [0, 0.05) is 12.1 Å². The molecule has 0 aliphatic carbocycles. The summed E-state index contributed by atoms with van der Waals surface area (Å²) in [4.78, 5) is 12.6. The maximum atomic E-state index is 12.6. The van der Waals surface area contributed by atoms with Gasteiger partial charge in [0.1, 0.15) is 6.17 Å². The molecule has 0 aromatic heterocycles. The minimum Gasteiger partial charge on any atom is -0.493 e. The third-order valence-electron chi connectivity index (χ3n) is 3.60. The predicted octanol–water partition coefficient (Wildman–Crippen LogP) is 3.92. The average molecular weight is 418 g/mol. The topological polar surface area (TPSA) is 59.6 Å². The third-order valence-corrected chi connectivity index (χ3v) is 4.26. The minimum atomic E-state index is -1.74. The van der Waals surface area contributed by atoms with Crippen molar-refractivity contribution < 1.29 is 14.3 Å². The van der Waals surface area contributed by atoms with Crippen LogP contribution in [0, 0.1) is 0 Å². The second kappa shape index (κ2) is 9.33. The predicted molar refractivity (Wildman–Crippen MR) is 104 cm³/mol. The van der Waals surface area contributed by atoms with Crippen molar-refractivity contribution in [2.24, 2.45) is 0 Å². The highest BCUT2D eigenvalue weighted by atomic mass is 35.6. The zero-order chi connectivity index (χ0) is 19.2. The molecule has 0 heterocycles. The van der Waals surface area contributed by atoms with Crippen LogP contribution in [-0.4, -0.2) is 30.1 Å². The zero-order valence-electron chi connectivity index (χ0n) is 14.3. The fraction of sp³-hybridized carbons (Fsp3) is 0.278. The molecule has 2 aromatic carbocycles. The second-order valence-electron chi connectivity index (χ2n) is 5.38. The number of nitrogens with one attached hydrogen (secondary N) is 2. The maximum absolute atomic E-state index is 12.6. The Labute approximate surface area is 167 Å². The van der Waals surface area contributed by atoms with Crippen LogP contribution in [0.5, 0.6) is 11.5 Å². The van der Waals surface area contributed by atoms with Gasteiger partial charge < -0.3 is 14.8 Å². The summed E-state index contributed by atoms with van der Waals surface area (Å²) in [7, 11) is 3.01. The molecule has 5 nitrogen and oxygen atoms in total. The summed E-state index contributed by atoms with van der Waals surface area (Å²) in [6, 6.07) is 14.4. The van der Waals surface area contributed by atoms with E-state index in [2.05, 4.69) is 10.6 Å². The van der Waals surface area contributed by atoms with Crippen LogP contribution in [0.15, 0.2) is 48.5 Å². The summed E-state index contributed by atoms with van der Waals surface area (Å²) in [5.41, 5.74) is 1.34. The lowest BCUT2D eigenvalue weighted by Gasteiger charge is -2.27. The summed E-state index contributed by atoms with van der Waals surface area (Å²) in [5.74, 6) is 0.537. The number of hydrogen-bond acceptors (Lipinski definition) is 4. The van der Waals surface area contributed by atoms with Gasteiger partial charge in [-0.3, -0.25) is 10.1 Å². The Morgan fingerprint density at radius 3 is 2.27 bits per heavy atom. The Balaban J connectivity index is 2.11. The van der Waals surface area contributed by atoms with E-state index in [1.807, 2.05) is 30.3 Å². The van der Waals surface area contributed by atoms with Crippen LogP contribution in [0.25, 0.3) is 0 Å². The second-order valence-corrected chi connectivity index (χ2v) is 7.75. The molecule has 2 N–H and O–H groups in total. The third kappa shape index (κ3) is 5.68. The number of methoxy groups -OCH3 is 2. The molecular formula is C18H19Cl3N2O3. The number of rotatable bonds is 7. The number of carbonyl (C=O) groups is 1. The van der Waals surface area contributed by atoms with E-state index in [1.54, 1.807) is 18.2 Å². The molecule has 140 valence electrons. The van der Waals surface area contributed by atoms with Crippen LogP contribution in [0.1, 0.15) is 15.9 Å². The minimum absolute atomic E-state index is 0.350. The molecule has 0 aliphatic heterocycles. The van der Waals surface area contributed by atoms with Crippen LogP contribution in [0.2, 0.25) is 0 Å². The molecule has 8 heteroatoms. The van der Waals surface area contributed by atoms with Crippen LogP contribution in [-0.2, 0) is 6.54 Å². The van der Waals surface area contributed by atoms with Gasteiger partial charge in [-0.2, -0.15) is 0 Å². The number of amides is 1. The Hall–Kier alpha value is -1.66.